The average molecular weight is 554 g/mol. The Bertz CT molecular complexity index is 1500. The molecule has 0 spiro atoms. The summed E-state index contributed by atoms with van der Waals surface area (Å²) < 4.78 is 23.2. The van der Waals surface area contributed by atoms with Gasteiger partial charge >= 0.3 is 0 Å². The fraction of sp³-hybridized carbons (Fsp3) is 0.343. The Labute approximate surface area is 242 Å². The van der Waals surface area contributed by atoms with Crippen LogP contribution in [0.1, 0.15) is 81.6 Å². The molecule has 0 fully saturated rings. The first-order valence-electron chi connectivity index (χ1n) is 14.1. The number of carbonyl (C=O) groups excluding carboxylic acids is 1. The zero-order chi connectivity index (χ0) is 29.3. The van der Waals surface area contributed by atoms with E-state index in [1.54, 1.807) is 20.3 Å². The van der Waals surface area contributed by atoms with Gasteiger partial charge in [0, 0.05) is 6.42 Å². The lowest BCUT2D eigenvalue weighted by molar-refractivity contribution is 0.0833. The first-order valence-corrected chi connectivity index (χ1v) is 14.1. The van der Waals surface area contributed by atoms with Crippen LogP contribution in [0, 0.1) is 20.8 Å². The minimum Gasteiger partial charge on any atom is -0.497 e. The third-order valence-electron chi connectivity index (χ3n) is 8.30. The molecule has 214 valence electrons. The molecule has 4 aromatic rings. The van der Waals surface area contributed by atoms with Gasteiger partial charge in [-0.25, -0.2) is 0 Å². The van der Waals surface area contributed by atoms with Crippen LogP contribution in [-0.4, -0.2) is 25.7 Å². The van der Waals surface area contributed by atoms with Crippen molar-refractivity contribution in [2.45, 2.75) is 65.5 Å². The molecule has 3 aromatic carbocycles. The van der Waals surface area contributed by atoms with E-state index in [2.05, 4.69) is 39.9 Å². The lowest BCUT2D eigenvalue weighted by Gasteiger charge is -2.35. The minimum atomic E-state index is -0.384. The third-order valence-corrected chi connectivity index (χ3v) is 8.30. The number of benzene rings is 3. The lowest BCUT2D eigenvalue weighted by atomic mass is 9.84. The molecule has 0 bridgehead atoms. The van der Waals surface area contributed by atoms with Gasteiger partial charge in [-0.15, -0.1) is 0 Å². The highest BCUT2D eigenvalue weighted by Gasteiger charge is 2.31. The Balaban J connectivity index is 1.39. The highest BCUT2D eigenvalue weighted by Crippen LogP contribution is 2.41. The second-order valence-corrected chi connectivity index (χ2v) is 11.4. The van der Waals surface area contributed by atoms with Crippen LogP contribution >= 0.6 is 0 Å². The smallest absolute Gasteiger partial charge is 0.287 e. The van der Waals surface area contributed by atoms with E-state index in [1.807, 2.05) is 54.6 Å². The number of rotatable bonds is 8. The minimum absolute atomic E-state index is 0.156. The maximum atomic E-state index is 13.5. The van der Waals surface area contributed by atoms with Gasteiger partial charge in [-0.3, -0.25) is 4.79 Å². The molecule has 1 N–H and O–H groups in total. The Morgan fingerprint density at radius 2 is 1.44 bits per heavy atom. The molecule has 1 amide bonds. The summed E-state index contributed by atoms with van der Waals surface area (Å²) in [6.45, 7) is 10.8. The second-order valence-electron chi connectivity index (χ2n) is 11.4. The zero-order valence-corrected chi connectivity index (χ0v) is 25.0. The number of hydrogen-bond acceptors (Lipinski definition) is 5. The van der Waals surface area contributed by atoms with Gasteiger partial charge in [0.25, 0.3) is 5.91 Å². The summed E-state index contributed by atoms with van der Waals surface area (Å²) in [6, 6.07) is 18.6. The van der Waals surface area contributed by atoms with Crippen molar-refractivity contribution in [3.63, 3.8) is 0 Å². The van der Waals surface area contributed by atoms with Crippen LogP contribution in [0.15, 0.2) is 65.1 Å². The van der Waals surface area contributed by atoms with Crippen LogP contribution in [0.25, 0.3) is 0 Å². The Hall–Kier alpha value is -4.19. The summed E-state index contributed by atoms with van der Waals surface area (Å²) in [7, 11) is 3.27. The zero-order valence-electron chi connectivity index (χ0n) is 25.0. The van der Waals surface area contributed by atoms with Crippen molar-refractivity contribution < 1.29 is 23.4 Å². The van der Waals surface area contributed by atoms with E-state index < -0.39 is 0 Å². The van der Waals surface area contributed by atoms with Gasteiger partial charge in [-0.2, -0.15) is 0 Å². The van der Waals surface area contributed by atoms with Crippen molar-refractivity contribution in [2.24, 2.45) is 0 Å². The summed E-state index contributed by atoms with van der Waals surface area (Å²) in [5.74, 6) is 3.29. The monoisotopic (exact) mass is 553 g/mol. The molecule has 0 saturated carbocycles. The molecule has 1 aliphatic heterocycles. The topological polar surface area (TPSA) is 69.9 Å². The molecule has 0 radical (unpaired) electrons. The Morgan fingerprint density at radius 3 is 2.00 bits per heavy atom. The van der Waals surface area contributed by atoms with Gasteiger partial charge in [-0.05, 0) is 123 Å². The maximum Gasteiger partial charge on any atom is 0.287 e. The fourth-order valence-corrected chi connectivity index (χ4v) is 5.64. The van der Waals surface area contributed by atoms with Gasteiger partial charge in [0.2, 0.25) is 0 Å². The summed E-state index contributed by atoms with van der Waals surface area (Å²) in [6.07, 6.45) is 2.59. The van der Waals surface area contributed by atoms with Gasteiger partial charge in [-0.1, -0.05) is 24.3 Å². The van der Waals surface area contributed by atoms with Gasteiger partial charge < -0.3 is 23.9 Å². The van der Waals surface area contributed by atoms with Crippen molar-refractivity contribution in [1.82, 2.24) is 5.32 Å². The molecule has 0 atom stereocenters. The van der Waals surface area contributed by atoms with E-state index in [0.717, 1.165) is 47.0 Å². The van der Waals surface area contributed by atoms with E-state index in [4.69, 9.17) is 18.6 Å². The van der Waals surface area contributed by atoms with Crippen LogP contribution in [0.4, 0.5) is 0 Å². The van der Waals surface area contributed by atoms with Gasteiger partial charge in [0.15, 0.2) is 5.76 Å². The van der Waals surface area contributed by atoms with Crippen LogP contribution in [0.3, 0.4) is 0 Å². The van der Waals surface area contributed by atoms with Crippen LogP contribution < -0.4 is 19.5 Å². The second kappa shape index (κ2) is 11.4. The standard InChI is InChI=1S/C35H39NO5/c1-21-22(2)33-29(18-19-35(4,5)41-33)23(3)30(21)20-28-16-17-31(40-28)34(37)36-32(24-8-12-26(38-6)13-9-24)25-10-14-27(39-7)15-11-25/h8-17,32H,18-20H2,1-7H3,(H,36,37). The number of hydrogen-bond donors (Lipinski definition) is 1. The molecular formula is C35H39NO5. The molecule has 2 heterocycles. The number of carbonyl (C=O) groups is 1. The molecule has 1 aliphatic rings. The molecule has 0 aliphatic carbocycles. The largest absolute Gasteiger partial charge is 0.497 e. The maximum absolute atomic E-state index is 13.5. The number of methoxy groups -OCH3 is 2. The summed E-state index contributed by atoms with van der Waals surface area (Å²) in [5.41, 5.74) is 7.86. The normalized spacial score (nSPS) is 13.9. The highest BCUT2D eigenvalue weighted by molar-refractivity contribution is 5.92. The molecule has 6 heteroatoms. The van der Waals surface area contributed by atoms with Crippen molar-refractivity contribution >= 4 is 5.91 Å². The SMILES string of the molecule is COc1ccc(C(NC(=O)c2ccc(Cc3c(C)c(C)c4c(c3C)CCC(C)(C)O4)o2)c2ccc(OC)cc2)cc1. The third kappa shape index (κ3) is 5.83. The highest BCUT2D eigenvalue weighted by atomic mass is 16.5. The van der Waals surface area contributed by atoms with E-state index in [0.29, 0.717) is 6.42 Å². The number of amides is 1. The fourth-order valence-electron chi connectivity index (χ4n) is 5.64. The summed E-state index contributed by atoms with van der Waals surface area (Å²) in [4.78, 5) is 13.5. The van der Waals surface area contributed by atoms with E-state index >= 15 is 0 Å². The molecule has 41 heavy (non-hydrogen) atoms. The Morgan fingerprint density at radius 1 is 0.854 bits per heavy atom. The van der Waals surface area contributed by atoms with Crippen molar-refractivity contribution in [1.29, 1.82) is 0 Å². The lowest BCUT2D eigenvalue weighted by Crippen LogP contribution is -2.33. The molecule has 0 unspecified atom stereocenters. The predicted molar refractivity (Wildman–Crippen MR) is 160 cm³/mol. The van der Waals surface area contributed by atoms with Crippen molar-refractivity contribution in [3.8, 4) is 17.2 Å². The average Bonchev–Trinajstić information content (AvgIpc) is 3.45. The molecule has 5 rings (SSSR count). The van der Waals surface area contributed by atoms with Crippen molar-refractivity contribution in [2.75, 3.05) is 14.2 Å². The summed E-state index contributed by atoms with van der Waals surface area (Å²) in [5, 5.41) is 3.17. The molecule has 1 aromatic heterocycles. The van der Waals surface area contributed by atoms with E-state index in [-0.39, 0.29) is 23.3 Å². The number of furan rings is 1. The Kier molecular flexibility index (Phi) is 7.85. The number of nitrogens with one attached hydrogen (secondary N) is 1. The van der Waals surface area contributed by atoms with Gasteiger partial charge in [0.1, 0.15) is 28.6 Å². The number of fused-ring (bicyclic) bond motifs is 1. The van der Waals surface area contributed by atoms with E-state index in [1.165, 1.54) is 27.8 Å². The first-order chi connectivity index (χ1) is 19.6. The first kappa shape index (κ1) is 28.3. The predicted octanol–water partition coefficient (Wildman–Crippen LogP) is 7.44. The summed E-state index contributed by atoms with van der Waals surface area (Å²) >= 11 is 0. The van der Waals surface area contributed by atoms with Crippen LogP contribution in [-0.2, 0) is 12.8 Å². The van der Waals surface area contributed by atoms with Gasteiger partial charge in [0.05, 0.1) is 20.3 Å². The molecule has 6 nitrogen and oxygen atoms in total. The molecular weight excluding hydrogens is 514 g/mol. The van der Waals surface area contributed by atoms with Crippen molar-refractivity contribution in [3.05, 3.63) is 111 Å². The quantitative estimate of drug-likeness (QED) is 0.246. The van der Waals surface area contributed by atoms with E-state index in [9.17, 15) is 4.79 Å². The number of ether oxygens (including phenoxy) is 3. The van der Waals surface area contributed by atoms with Crippen LogP contribution in [0.5, 0.6) is 17.2 Å². The van der Waals surface area contributed by atoms with Crippen LogP contribution in [0.2, 0.25) is 0 Å². The molecule has 0 saturated heterocycles.